The molecule has 1 unspecified atom stereocenters. The van der Waals surface area contributed by atoms with Gasteiger partial charge in [-0.05, 0) is 12.8 Å². The Morgan fingerprint density at radius 3 is 2.85 bits per heavy atom. The van der Waals surface area contributed by atoms with E-state index in [1.807, 2.05) is 6.08 Å². The van der Waals surface area contributed by atoms with Gasteiger partial charge in [0.2, 0.25) is 0 Å². The van der Waals surface area contributed by atoms with Crippen LogP contribution < -0.4 is 5.32 Å². The highest BCUT2D eigenvalue weighted by molar-refractivity contribution is 5.87. The summed E-state index contributed by atoms with van der Waals surface area (Å²) in [5.74, 6) is -0.794. The summed E-state index contributed by atoms with van der Waals surface area (Å²) in [5, 5.41) is 11.8. The topological polar surface area (TPSA) is 49.3 Å². The molecule has 13 heavy (non-hydrogen) atoms. The van der Waals surface area contributed by atoms with Crippen molar-refractivity contribution in [3.8, 4) is 0 Å². The highest BCUT2D eigenvalue weighted by Crippen LogP contribution is 2.10. The fourth-order valence-electron chi connectivity index (χ4n) is 1.43. The molecule has 0 fully saturated rings. The van der Waals surface area contributed by atoms with Gasteiger partial charge in [-0.25, -0.2) is 4.79 Å². The average Bonchev–Trinajstić information content (AvgIpc) is 2.06. The normalized spacial score (nSPS) is 21.6. The van der Waals surface area contributed by atoms with Gasteiger partial charge in [0.25, 0.3) is 0 Å². The molecule has 0 saturated heterocycles. The van der Waals surface area contributed by atoms with Gasteiger partial charge < -0.3 is 10.4 Å². The van der Waals surface area contributed by atoms with Crippen molar-refractivity contribution in [2.75, 3.05) is 6.54 Å². The number of hydrogen-bond donors (Lipinski definition) is 2. The van der Waals surface area contributed by atoms with Crippen LogP contribution in [0, 0.1) is 0 Å². The molecule has 76 valence electrons. The Kier molecular flexibility index (Phi) is 5.75. The zero-order valence-corrected chi connectivity index (χ0v) is 8.56. The lowest BCUT2D eigenvalue weighted by Gasteiger charge is -2.21. The van der Waals surface area contributed by atoms with Gasteiger partial charge in [0, 0.05) is 18.2 Å². The molecule has 1 rings (SSSR count). The first-order chi connectivity index (χ1) is 5.74. The van der Waals surface area contributed by atoms with Crippen LogP contribution in [0.15, 0.2) is 11.6 Å². The second-order valence-electron chi connectivity index (χ2n) is 3.14. The smallest absolute Gasteiger partial charge is 0.332 e. The molecule has 1 aliphatic rings. The number of nitrogens with one attached hydrogen (secondary N) is 1. The number of carbonyl (C=O) groups is 1. The molecule has 2 N–H and O–H groups in total. The monoisotopic (exact) mass is 205 g/mol. The second-order valence-corrected chi connectivity index (χ2v) is 3.14. The van der Waals surface area contributed by atoms with Crippen molar-refractivity contribution in [2.24, 2.45) is 0 Å². The molecule has 0 bridgehead atoms. The fourth-order valence-corrected chi connectivity index (χ4v) is 1.43. The van der Waals surface area contributed by atoms with Crippen LogP contribution in [0.25, 0.3) is 0 Å². The van der Waals surface area contributed by atoms with Crippen molar-refractivity contribution in [1.29, 1.82) is 0 Å². The van der Waals surface area contributed by atoms with Crippen molar-refractivity contribution in [3.05, 3.63) is 11.6 Å². The summed E-state index contributed by atoms with van der Waals surface area (Å²) in [4.78, 5) is 10.5. The lowest BCUT2D eigenvalue weighted by Crippen LogP contribution is -2.35. The molecule has 1 heterocycles. The minimum absolute atomic E-state index is 0. The Balaban J connectivity index is 0.00000144. The number of carboxylic acid groups (broad SMARTS) is 1. The first kappa shape index (κ1) is 12.5. The Bertz CT molecular complexity index is 204. The van der Waals surface area contributed by atoms with E-state index in [1.54, 1.807) is 0 Å². The number of aliphatic carboxylic acids is 1. The van der Waals surface area contributed by atoms with E-state index < -0.39 is 5.97 Å². The van der Waals surface area contributed by atoms with E-state index in [-0.39, 0.29) is 12.4 Å². The molecule has 0 radical (unpaired) electrons. The summed E-state index contributed by atoms with van der Waals surface area (Å²) in [6.07, 6.45) is 4.96. The van der Waals surface area contributed by atoms with E-state index in [0.717, 1.165) is 19.3 Å². The largest absolute Gasteiger partial charge is 0.478 e. The van der Waals surface area contributed by atoms with Crippen LogP contribution in [-0.2, 0) is 4.79 Å². The Morgan fingerprint density at radius 2 is 2.46 bits per heavy atom. The van der Waals surface area contributed by atoms with Crippen molar-refractivity contribution < 1.29 is 9.90 Å². The summed E-state index contributed by atoms with van der Waals surface area (Å²) in [5.41, 5.74) is 0.502. The molecule has 1 aliphatic heterocycles. The van der Waals surface area contributed by atoms with Crippen LogP contribution >= 0.6 is 12.4 Å². The standard InChI is InChI=1S/C9H15NO2.ClH/c1-2-3-8-5-4-7(6-10-8)9(11)12;/h4,8,10H,2-3,5-6H2,1H3,(H,11,12);1H. The second kappa shape index (κ2) is 6.00. The number of carboxylic acids is 1. The molecule has 0 amide bonds. The van der Waals surface area contributed by atoms with Crippen molar-refractivity contribution >= 4 is 18.4 Å². The molecule has 3 nitrogen and oxygen atoms in total. The molecule has 0 spiro atoms. The zero-order chi connectivity index (χ0) is 8.97. The summed E-state index contributed by atoms with van der Waals surface area (Å²) in [6.45, 7) is 2.65. The van der Waals surface area contributed by atoms with E-state index in [4.69, 9.17) is 5.11 Å². The number of hydrogen-bond acceptors (Lipinski definition) is 2. The van der Waals surface area contributed by atoms with Crippen LogP contribution in [0.4, 0.5) is 0 Å². The van der Waals surface area contributed by atoms with E-state index in [0.29, 0.717) is 18.2 Å². The average molecular weight is 206 g/mol. The third-order valence-corrected chi connectivity index (χ3v) is 2.14. The third kappa shape index (κ3) is 3.79. The predicted octanol–water partition coefficient (Wildman–Crippen LogP) is 1.58. The van der Waals surface area contributed by atoms with E-state index in [2.05, 4.69) is 12.2 Å². The van der Waals surface area contributed by atoms with Crippen LogP contribution in [0.1, 0.15) is 26.2 Å². The maximum atomic E-state index is 10.5. The van der Waals surface area contributed by atoms with Crippen molar-refractivity contribution in [2.45, 2.75) is 32.2 Å². The summed E-state index contributed by atoms with van der Waals surface area (Å²) < 4.78 is 0. The van der Waals surface area contributed by atoms with Gasteiger partial charge in [0.1, 0.15) is 0 Å². The Labute approximate surface area is 84.6 Å². The van der Waals surface area contributed by atoms with Gasteiger partial charge >= 0.3 is 5.97 Å². The SMILES string of the molecule is CCCC1CC=C(C(=O)O)CN1.Cl. The summed E-state index contributed by atoms with van der Waals surface area (Å²) >= 11 is 0. The van der Waals surface area contributed by atoms with Crippen molar-refractivity contribution in [3.63, 3.8) is 0 Å². The van der Waals surface area contributed by atoms with Crippen LogP contribution in [0.3, 0.4) is 0 Å². The molecule has 4 heteroatoms. The molecular formula is C9H16ClNO2. The molecule has 0 aliphatic carbocycles. The Morgan fingerprint density at radius 1 is 1.77 bits per heavy atom. The molecule has 0 saturated carbocycles. The highest BCUT2D eigenvalue weighted by Gasteiger charge is 2.15. The fraction of sp³-hybridized carbons (Fsp3) is 0.667. The van der Waals surface area contributed by atoms with Crippen LogP contribution in [0.5, 0.6) is 0 Å². The first-order valence-corrected chi connectivity index (χ1v) is 4.39. The van der Waals surface area contributed by atoms with E-state index in [1.165, 1.54) is 0 Å². The van der Waals surface area contributed by atoms with Gasteiger partial charge in [-0.15, -0.1) is 12.4 Å². The van der Waals surface area contributed by atoms with Gasteiger partial charge in [0.15, 0.2) is 0 Å². The minimum Gasteiger partial charge on any atom is -0.478 e. The Hall–Kier alpha value is -0.540. The molecule has 1 atom stereocenters. The van der Waals surface area contributed by atoms with Crippen LogP contribution in [0.2, 0.25) is 0 Å². The van der Waals surface area contributed by atoms with Crippen LogP contribution in [-0.4, -0.2) is 23.7 Å². The minimum atomic E-state index is -0.794. The maximum absolute atomic E-state index is 10.5. The molecule has 0 aromatic heterocycles. The zero-order valence-electron chi connectivity index (χ0n) is 7.75. The number of halogens is 1. The van der Waals surface area contributed by atoms with E-state index >= 15 is 0 Å². The van der Waals surface area contributed by atoms with Gasteiger partial charge in [-0.2, -0.15) is 0 Å². The lowest BCUT2D eigenvalue weighted by molar-refractivity contribution is -0.132. The first-order valence-electron chi connectivity index (χ1n) is 4.39. The summed E-state index contributed by atoms with van der Waals surface area (Å²) in [7, 11) is 0. The molecule has 0 aromatic carbocycles. The number of rotatable bonds is 3. The molecular weight excluding hydrogens is 190 g/mol. The molecule has 0 aromatic rings. The van der Waals surface area contributed by atoms with Gasteiger partial charge in [-0.3, -0.25) is 0 Å². The predicted molar refractivity (Wildman–Crippen MR) is 54.3 cm³/mol. The van der Waals surface area contributed by atoms with Crippen molar-refractivity contribution in [1.82, 2.24) is 5.32 Å². The van der Waals surface area contributed by atoms with Gasteiger partial charge in [-0.1, -0.05) is 19.4 Å². The van der Waals surface area contributed by atoms with Gasteiger partial charge in [0.05, 0.1) is 0 Å². The lowest BCUT2D eigenvalue weighted by atomic mass is 10.0. The quantitative estimate of drug-likeness (QED) is 0.736. The summed E-state index contributed by atoms with van der Waals surface area (Å²) in [6, 6.07) is 0.484. The third-order valence-electron chi connectivity index (χ3n) is 2.14. The van der Waals surface area contributed by atoms with E-state index in [9.17, 15) is 4.79 Å². The maximum Gasteiger partial charge on any atom is 0.332 e. The highest BCUT2D eigenvalue weighted by atomic mass is 35.5.